The van der Waals surface area contributed by atoms with Gasteiger partial charge in [0.2, 0.25) is 5.95 Å². The summed E-state index contributed by atoms with van der Waals surface area (Å²) < 4.78 is 36.0. The highest BCUT2D eigenvalue weighted by Crippen LogP contribution is 2.20. The number of fused-ring (bicyclic) bond motifs is 1. The minimum absolute atomic E-state index is 0.120. The van der Waals surface area contributed by atoms with Crippen LogP contribution in [0.15, 0.2) is 33.4 Å². The number of carbonyl (C=O) groups is 2. The Morgan fingerprint density at radius 2 is 1.67 bits per heavy atom. The minimum atomic E-state index is -5.08. The van der Waals surface area contributed by atoms with Crippen LogP contribution in [0.2, 0.25) is 0 Å². The smallest absolute Gasteiger partial charge is 0.478 e. The molecule has 3 rings (SSSR count). The van der Waals surface area contributed by atoms with E-state index in [-0.39, 0.29) is 6.54 Å². The number of rotatable bonds is 6. The molecule has 15 heteroatoms. The number of anilines is 1. The average molecular weight is 516 g/mol. The number of aliphatic carboxylic acids is 2. The highest BCUT2D eigenvalue weighted by atomic mass is 19.4. The van der Waals surface area contributed by atoms with E-state index in [1.165, 1.54) is 10.6 Å². The number of aromatic nitrogens is 4. The number of piperazine rings is 1. The Hall–Kier alpha value is -3.88. The summed E-state index contributed by atoms with van der Waals surface area (Å²) >= 11 is 0. The van der Waals surface area contributed by atoms with Crippen molar-refractivity contribution in [1.82, 2.24) is 24.0 Å². The van der Waals surface area contributed by atoms with Crippen LogP contribution >= 0.6 is 0 Å². The monoisotopic (exact) mass is 516 g/mol. The van der Waals surface area contributed by atoms with Crippen LogP contribution in [-0.4, -0.2) is 73.2 Å². The van der Waals surface area contributed by atoms with Gasteiger partial charge in [0, 0.05) is 52.4 Å². The highest BCUT2D eigenvalue weighted by molar-refractivity contribution is 5.79. The van der Waals surface area contributed by atoms with E-state index in [0.29, 0.717) is 23.7 Å². The molecule has 0 radical (unpaired) electrons. The highest BCUT2D eigenvalue weighted by Gasteiger charge is 2.38. The van der Waals surface area contributed by atoms with Crippen LogP contribution in [0, 0.1) is 0 Å². The van der Waals surface area contributed by atoms with Gasteiger partial charge in [0.05, 0.1) is 0 Å². The Morgan fingerprint density at radius 1 is 1.08 bits per heavy atom. The molecule has 0 saturated carbocycles. The molecule has 198 valence electrons. The summed E-state index contributed by atoms with van der Waals surface area (Å²) in [6.45, 7) is 7.43. The van der Waals surface area contributed by atoms with Crippen LogP contribution in [-0.2, 0) is 29.7 Å². The molecule has 2 aromatic rings. The molecule has 1 aliphatic rings. The average Bonchev–Trinajstić information content (AvgIpc) is 3.18. The lowest BCUT2D eigenvalue weighted by Gasteiger charge is -2.28. The van der Waals surface area contributed by atoms with Crippen molar-refractivity contribution in [1.29, 1.82) is 0 Å². The van der Waals surface area contributed by atoms with Crippen LogP contribution in [0.25, 0.3) is 11.2 Å². The van der Waals surface area contributed by atoms with Gasteiger partial charge in [0.25, 0.3) is 5.56 Å². The Kier molecular flexibility index (Phi) is 9.22. The maximum absolute atomic E-state index is 13.2. The van der Waals surface area contributed by atoms with Crippen LogP contribution in [0.5, 0.6) is 0 Å². The summed E-state index contributed by atoms with van der Waals surface area (Å²) in [5.74, 6) is -3.23. The second-order valence-corrected chi connectivity index (χ2v) is 8.01. The predicted molar refractivity (Wildman–Crippen MR) is 124 cm³/mol. The summed E-state index contributed by atoms with van der Waals surface area (Å²) in [7, 11) is 1.57. The molecule has 3 heterocycles. The summed E-state index contributed by atoms with van der Waals surface area (Å²) in [5, 5.41) is 19.2. The zero-order valence-corrected chi connectivity index (χ0v) is 19.9. The number of carboxylic acid groups (broad SMARTS) is 2. The van der Waals surface area contributed by atoms with Gasteiger partial charge in [0.1, 0.15) is 0 Å². The van der Waals surface area contributed by atoms with Gasteiger partial charge >= 0.3 is 23.8 Å². The lowest BCUT2D eigenvalue weighted by Crippen LogP contribution is -2.44. The standard InChI is InChI=1S/C19H26N6O4.C2HF3O2/c1-13(2)6-10-24-15-16(21-18(24)23-11-7-20-8-12-23)22(3)19(29)25(17(15)28)9-4-5-14(26)27;3-2(4,5)1(6)7/h4-6,20H,7-12H2,1-3H3,(H,26,27);(H,6,7). The van der Waals surface area contributed by atoms with Crippen molar-refractivity contribution >= 4 is 29.1 Å². The van der Waals surface area contributed by atoms with Crippen LogP contribution < -0.4 is 21.5 Å². The van der Waals surface area contributed by atoms with Crippen molar-refractivity contribution in [2.45, 2.75) is 33.1 Å². The maximum atomic E-state index is 13.2. The van der Waals surface area contributed by atoms with Gasteiger partial charge < -0.3 is 25.0 Å². The lowest BCUT2D eigenvalue weighted by molar-refractivity contribution is -0.192. The maximum Gasteiger partial charge on any atom is 0.490 e. The first-order valence-corrected chi connectivity index (χ1v) is 10.7. The number of halogens is 3. The van der Waals surface area contributed by atoms with E-state index in [2.05, 4.69) is 15.2 Å². The number of nitrogens with one attached hydrogen (secondary N) is 1. The Bertz CT molecular complexity index is 1290. The number of aryl methyl sites for hydroxylation is 1. The second-order valence-electron chi connectivity index (χ2n) is 8.01. The molecule has 0 bridgehead atoms. The summed E-state index contributed by atoms with van der Waals surface area (Å²) in [6.07, 6.45) is -0.875. The normalized spacial score (nSPS) is 14.0. The van der Waals surface area contributed by atoms with E-state index in [1.54, 1.807) is 7.05 Å². The third kappa shape index (κ3) is 6.84. The first-order chi connectivity index (χ1) is 16.8. The third-order valence-corrected chi connectivity index (χ3v) is 5.09. The van der Waals surface area contributed by atoms with E-state index < -0.39 is 29.4 Å². The fraction of sp³-hybridized carbons (Fsp3) is 0.476. The first-order valence-electron chi connectivity index (χ1n) is 10.7. The number of imidazole rings is 1. The fourth-order valence-electron chi connectivity index (χ4n) is 3.33. The molecular formula is C21H27F3N6O6. The summed E-state index contributed by atoms with van der Waals surface area (Å²) in [4.78, 5) is 52.3. The van der Waals surface area contributed by atoms with E-state index in [0.717, 1.165) is 42.4 Å². The van der Waals surface area contributed by atoms with Crippen LogP contribution in [0.4, 0.5) is 19.1 Å². The molecule has 36 heavy (non-hydrogen) atoms. The molecule has 1 aliphatic heterocycles. The lowest BCUT2D eigenvalue weighted by atomic mass is 10.3. The third-order valence-electron chi connectivity index (χ3n) is 5.09. The molecule has 0 atom stereocenters. The van der Waals surface area contributed by atoms with Gasteiger partial charge in [-0.25, -0.2) is 14.4 Å². The van der Waals surface area contributed by atoms with Crippen molar-refractivity contribution in [3.05, 3.63) is 44.6 Å². The predicted octanol–water partition coefficient (Wildman–Crippen LogP) is 0.547. The SMILES string of the molecule is CC(C)=CCn1c(N2CCNCC2)nc2c1c(=O)n(CC=CC(=O)O)c(=O)n2C.O=C(O)C(F)(F)F. The van der Waals surface area contributed by atoms with Crippen molar-refractivity contribution in [2.75, 3.05) is 31.1 Å². The number of carboxylic acids is 2. The van der Waals surface area contributed by atoms with Crippen molar-refractivity contribution < 1.29 is 33.0 Å². The Balaban J connectivity index is 0.000000572. The van der Waals surface area contributed by atoms with Gasteiger partial charge in [-0.3, -0.25) is 13.9 Å². The molecular weight excluding hydrogens is 489 g/mol. The van der Waals surface area contributed by atoms with E-state index in [9.17, 15) is 27.6 Å². The fourth-order valence-corrected chi connectivity index (χ4v) is 3.33. The number of nitrogens with zero attached hydrogens (tertiary/aromatic N) is 5. The summed E-state index contributed by atoms with van der Waals surface area (Å²) in [6, 6.07) is 0. The molecule has 0 aliphatic carbocycles. The first kappa shape index (κ1) is 28.4. The zero-order valence-electron chi connectivity index (χ0n) is 19.9. The molecule has 0 unspecified atom stereocenters. The van der Waals surface area contributed by atoms with Gasteiger partial charge in [-0.1, -0.05) is 17.7 Å². The largest absolute Gasteiger partial charge is 0.490 e. The molecule has 0 amide bonds. The number of alkyl halides is 3. The molecule has 12 nitrogen and oxygen atoms in total. The van der Waals surface area contributed by atoms with Gasteiger partial charge in [-0.15, -0.1) is 0 Å². The van der Waals surface area contributed by atoms with Crippen molar-refractivity contribution in [3.63, 3.8) is 0 Å². The van der Waals surface area contributed by atoms with E-state index >= 15 is 0 Å². The number of hydrogen-bond donors (Lipinski definition) is 3. The Morgan fingerprint density at radius 3 is 2.17 bits per heavy atom. The van der Waals surface area contributed by atoms with Crippen molar-refractivity contribution in [2.24, 2.45) is 7.05 Å². The molecule has 0 aromatic carbocycles. The molecule has 0 spiro atoms. The van der Waals surface area contributed by atoms with E-state index in [4.69, 9.17) is 15.0 Å². The number of allylic oxidation sites excluding steroid dienone is 3. The van der Waals surface area contributed by atoms with Gasteiger partial charge in [-0.2, -0.15) is 18.2 Å². The van der Waals surface area contributed by atoms with Crippen LogP contribution in [0.3, 0.4) is 0 Å². The zero-order chi connectivity index (χ0) is 27.2. The van der Waals surface area contributed by atoms with Crippen molar-refractivity contribution in [3.8, 4) is 0 Å². The minimum Gasteiger partial charge on any atom is -0.478 e. The molecule has 2 aromatic heterocycles. The molecule has 1 fully saturated rings. The topological polar surface area (TPSA) is 152 Å². The number of hydrogen-bond acceptors (Lipinski definition) is 7. The molecule has 1 saturated heterocycles. The van der Waals surface area contributed by atoms with Gasteiger partial charge in [0.15, 0.2) is 11.2 Å². The molecule has 3 N–H and O–H groups in total. The second kappa shape index (κ2) is 11.7. The van der Waals surface area contributed by atoms with Crippen LogP contribution in [0.1, 0.15) is 13.8 Å². The summed E-state index contributed by atoms with van der Waals surface area (Å²) in [5.41, 5.74) is 0.758. The van der Waals surface area contributed by atoms with Gasteiger partial charge in [-0.05, 0) is 13.8 Å². The Labute approximate surface area is 202 Å². The van der Waals surface area contributed by atoms with E-state index in [1.807, 2.05) is 24.5 Å². The quantitative estimate of drug-likeness (QED) is 0.369.